The number of aromatic hydroxyl groups is 1. The smallest absolute Gasteiger partial charge is 0.115 e. The first kappa shape index (κ1) is 16.0. The maximum absolute atomic E-state index is 9.35. The molecule has 0 radical (unpaired) electrons. The molecule has 0 aliphatic carbocycles. The summed E-state index contributed by atoms with van der Waals surface area (Å²) in [4.78, 5) is 0. The van der Waals surface area contributed by atoms with Gasteiger partial charge in [0.2, 0.25) is 0 Å². The minimum atomic E-state index is 0.104. The monoisotopic (exact) mass is 265 g/mol. The molecular weight excluding hydrogens is 238 g/mol. The second-order valence-corrected chi connectivity index (χ2v) is 6.15. The third-order valence-electron chi connectivity index (χ3n) is 3.57. The Morgan fingerprint density at radius 2 is 1.74 bits per heavy atom. The fraction of sp³-hybridized carbons (Fsp3) is 0.625. The lowest BCUT2D eigenvalue weighted by atomic mass is 9.84. The summed E-state index contributed by atoms with van der Waals surface area (Å²) in [5, 5.41) is 22.2. The van der Waals surface area contributed by atoms with Gasteiger partial charge in [-0.3, -0.25) is 0 Å². The van der Waals surface area contributed by atoms with Gasteiger partial charge in [0.25, 0.3) is 0 Å². The fourth-order valence-electron chi connectivity index (χ4n) is 2.29. The van der Waals surface area contributed by atoms with Gasteiger partial charge in [-0.2, -0.15) is 0 Å². The van der Waals surface area contributed by atoms with E-state index >= 15 is 0 Å². The Morgan fingerprint density at radius 1 is 1.16 bits per heavy atom. The van der Waals surface area contributed by atoms with Crippen LogP contribution in [-0.4, -0.2) is 22.9 Å². The quantitative estimate of drug-likeness (QED) is 0.740. The summed E-state index contributed by atoms with van der Waals surface area (Å²) < 4.78 is 0. The molecule has 0 saturated carbocycles. The molecule has 1 rings (SSSR count). The Balaban J connectivity index is 2.82. The summed E-state index contributed by atoms with van der Waals surface area (Å²) in [5.74, 6) is 0.293. The molecule has 0 aliphatic rings. The summed E-state index contributed by atoms with van der Waals surface area (Å²) >= 11 is 0. The van der Waals surface area contributed by atoms with Crippen LogP contribution in [-0.2, 0) is 0 Å². The van der Waals surface area contributed by atoms with E-state index in [1.54, 1.807) is 12.1 Å². The molecule has 1 aromatic rings. The Hall–Kier alpha value is -1.06. The summed E-state index contributed by atoms with van der Waals surface area (Å²) in [6, 6.07) is 7.85. The molecule has 2 atom stereocenters. The number of hydrogen-bond acceptors (Lipinski definition) is 3. The van der Waals surface area contributed by atoms with E-state index in [1.165, 1.54) is 5.56 Å². The highest BCUT2D eigenvalue weighted by molar-refractivity contribution is 5.28. The maximum atomic E-state index is 9.35. The van der Waals surface area contributed by atoms with E-state index < -0.39 is 0 Å². The Morgan fingerprint density at radius 3 is 2.16 bits per heavy atom. The zero-order valence-electron chi connectivity index (χ0n) is 12.5. The predicted molar refractivity (Wildman–Crippen MR) is 79.2 cm³/mol. The molecule has 0 amide bonds. The summed E-state index contributed by atoms with van der Waals surface area (Å²) in [6.07, 6.45) is 1.72. The molecule has 0 aliphatic heterocycles. The third kappa shape index (κ3) is 4.84. The van der Waals surface area contributed by atoms with Crippen LogP contribution in [0.4, 0.5) is 0 Å². The van der Waals surface area contributed by atoms with Crippen molar-refractivity contribution in [2.75, 3.05) is 6.61 Å². The zero-order chi connectivity index (χ0) is 14.5. The van der Waals surface area contributed by atoms with Crippen LogP contribution in [0, 0.1) is 5.41 Å². The van der Waals surface area contributed by atoms with Crippen LogP contribution in [0.3, 0.4) is 0 Å². The van der Waals surface area contributed by atoms with Gasteiger partial charge in [-0.1, -0.05) is 39.8 Å². The van der Waals surface area contributed by atoms with E-state index in [-0.39, 0.29) is 24.1 Å². The SMILES string of the molecule is CCC(NC(CCO)C(C)(C)C)c1ccc(O)cc1. The molecule has 2 unspecified atom stereocenters. The van der Waals surface area contributed by atoms with Crippen molar-refractivity contribution < 1.29 is 10.2 Å². The molecule has 0 aromatic heterocycles. The van der Waals surface area contributed by atoms with Crippen molar-refractivity contribution in [2.45, 2.75) is 52.6 Å². The molecule has 0 bridgehead atoms. The lowest BCUT2D eigenvalue weighted by molar-refractivity contribution is 0.184. The van der Waals surface area contributed by atoms with Crippen LogP contribution in [0.2, 0.25) is 0 Å². The molecule has 108 valence electrons. The molecule has 0 spiro atoms. The van der Waals surface area contributed by atoms with Crippen molar-refractivity contribution in [3.63, 3.8) is 0 Å². The van der Waals surface area contributed by atoms with Crippen molar-refractivity contribution in [3.8, 4) is 5.75 Å². The first-order valence-electron chi connectivity index (χ1n) is 7.04. The van der Waals surface area contributed by atoms with Crippen LogP contribution in [0.15, 0.2) is 24.3 Å². The normalized spacial score (nSPS) is 15.2. The number of aliphatic hydroxyl groups is 1. The van der Waals surface area contributed by atoms with Gasteiger partial charge in [-0.05, 0) is 36.0 Å². The number of rotatable bonds is 6. The van der Waals surface area contributed by atoms with Crippen molar-refractivity contribution in [1.29, 1.82) is 0 Å². The van der Waals surface area contributed by atoms with Crippen LogP contribution >= 0.6 is 0 Å². The first-order valence-corrected chi connectivity index (χ1v) is 7.04. The number of phenols is 1. The standard InChI is InChI=1S/C16H27NO2/c1-5-14(12-6-8-13(19)9-7-12)17-15(10-11-18)16(2,3)4/h6-9,14-15,17-19H,5,10-11H2,1-4H3. The molecule has 0 heterocycles. The average Bonchev–Trinajstić information content (AvgIpc) is 2.34. The van der Waals surface area contributed by atoms with Gasteiger partial charge >= 0.3 is 0 Å². The number of aliphatic hydroxyl groups excluding tert-OH is 1. The van der Waals surface area contributed by atoms with Gasteiger partial charge in [0, 0.05) is 18.7 Å². The largest absolute Gasteiger partial charge is 0.508 e. The molecule has 1 aromatic carbocycles. The van der Waals surface area contributed by atoms with Gasteiger partial charge in [0.15, 0.2) is 0 Å². The van der Waals surface area contributed by atoms with E-state index in [2.05, 4.69) is 33.0 Å². The molecule has 19 heavy (non-hydrogen) atoms. The zero-order valence-corrected chi connectivity index (χ0v) is 12.5. The fourth-order valence-corrected chi connectivity index (χ4v) is 2.29. The Labute approximate surface area is 116 Å². The van der Waals surface area contributed by atoms with Crippen LogP contribution in [0.1, 0.15) is 52.1 Å². The summed E-state index contributed by atoms with van der Waals surface area (Å²) in [5.41, 5.74) is 1.28. The van der Waals surface area contributed by atoms with E-state index in [9.17, 15) is 10.2 Å². The molecule has 0 saturated heterocycles. The number of nitrogens with one attached hydrogen (secondary N) is 1. The average molecular weight is 265 g/mol. The summed E-state index contributed by atoms with van der Waals surface area (Å²) in [6.45, 7) is 8.89. The van der Waals surface area contributed by atoms with Crippen molar-refractivity contribution >= 4 is 0 Å². The molecule has 0 fully saturated rings. The first-order chi connectivity index (χ1) is 8.88. The van der Waals surface area contributed by atoms with Crippen LogP contribution in [0.5, 0.6) is 5.75 Å². The Bertz CT molecular complexity index is 367. The highest BCUT2D eigenvalue weighted by Gasteiger charge is 2.26. The number of benzene rings is 1. The van der Waals surface area contributed by atoms with E-state index in [0.717, 1.165) is 12.8 Å². The van der Waals surface area contributed by atoms with E-state index in [1.807, 2.05) is 12.1 Å². The topological polar surface area (TPSA) is 52.5 Å². The minimum Gasteiger partial charge on any atom is -0.508 e. The van der Waals surface area contributed by atoms with Crippen LogP contribution in [0.25, 0.3) is 0 Å². The van der Waals surface area contributed by atoms with Gasteiger partial charge in [-0.15, -0.1) is 0 Å². The molecule has 3 N–H and O–H groups in total. The molecular formula is C16H27NO2. The van der Waals surface area contributed by atoms with Crippen molar-refractivity contribution in [1.82, 2.24) is 5.32 Å². The highest BCUT2D eigenvalue weighted by Crippen LogP contribution is 2.27. The lowest BCUT2D eigenvalue weighted by Crippen LogP contribution is -2.42. The van der Waals surface area contributed by atoms with Crippen molar-refractivity contribution in [3.05, 3.63) is 29.8 Å². The summed E-state index contributed by atoms with van der Waals surface area (Å²) in [7, 11) is 0. The van der Waals surface area contributed by atoms with Crippen molar-refractivity contribution in [2.24, 2.45) is 5.41 Å². The predicted octanol–water partition coefficient (Wildman–Crippen LogP) is 3.23. The minimum absolute atomic E-state index is 0.104. The van der Waals surface area contributed by atoms with Gasteiger partial charge < -0.3 is 15.5 Å². The molecule has 3 nitrogen and oxygen atoms in total. The Kier molecular flexibility index (Phi) is 5.83. The van der Waals surface area contributed by atoms with Gasteiger partial charge in [-0.25, -0.2) is 0 Å². The second kappa shape index (κ2) is 6.92. The third-order valence-corrected chi connectivity index (χ3v) is 3.57. The second-order valence-electron chi connectivity index (χ2n) is 6.15. The van der Waals surface area contributed by atoms with E-state index in [4.69, 9.17) is 0 Å². The van der Waals surface area contributed by atoms with Gasteiger partial charge in [0.05, 0.1) is 0 Å². The number of phenolic OH excluding ortho intramolecular Hbond substituents is 1. The highest BCUT2D eigenvalue weighted by atomic mass is 16.3. The maximum Gasteiger partial charge on any atom is 0.115 e. The number of hydrogen-bond donors (Lipinski definition) is 3. The molecule has 3 heteroatoms. The lowest BCUT2D eigenvalue weighted by Gasteiger charge is -2.35. The van der Waals surface area contributed by atoms with E-state index in [0.29, 0.717) is 5.75 Å². The van der Waals surface area contributed by atoms with Crippen LogP contribution < -0.4 is 5.32 Å². The van der Waals surface area contributed by atoms with Gasteiger partial charge in [0.1, 0.15) is 5.75 Å².